The number of sulfonamides is 1. The van der Waals surface area contributed by atoms with Crippen LogP contribution in [0.4, 0.5) is 15.8 Å². The van der Waals surface area contributed by atoms with Crippen molar-refractivity contribution in [2.45, 2.75) is 19.4 Å². The van der Waals surface area contributed by atoms with Crippen LogP contribution in [0.25, 0.3) is 0 Å². The van der Waals surface area contributed by atoms with Gasteiger partial charge in [0, 0.05) is 10.2 Å². The number of nitrogens with one attached hydrogen (secondary N) is 1. The maximum absolute atomic E-state index is 14.2. The first-order chi connectivity index (χ1) is 11.7. The molecule has 0 saturated carbocycles. The Balaban J connectivity index is 2.40. The van der Waals surface area contributed by atoms with Crippen LogP contribution in [0.3, 0.4) is 0 Å². The van der Waals surface area contributed by atoms with Crippen molar-refractivity contribution in [2.24, 2.45) is 0 Å². The molecule has 1 amide bonds. The van der Waals surface area contributed by atoms with E-state index in [1.807, 2.05) is 0 Å². The highest BCUT2D eigenvalue weighted by Crippen LogP contribution is 2.26. The fraction of sp³-hybridized carbons (Fsp3) is 0.235. The van der Waals surface area contributed by atoms with Crippen LogP contribution in [0.1, 0.15) is 13.3 Å². The second kappa shape index (κ2) is 7.97. The van der Waals surface area contributed by atoms with E-state index in [9.17, 15) is 17.6 Å². The molecule has 0 bridgehead atoms. The van der Waals surface area contributed by atoms with Crippen molar-refractivity contribution < 1.29 is 17.6 Å². The van der Waals surface area contributed by atoms with Crippen molar-refractivity contribution in [3.8, 4) is 0 Å². The summed E-state index contributed by atoms with van der Waals surface area (Å²) in [7, 11) is -3.87. The van der Waals surface area contributed by atoms with E-state index in [0.717, 1.165) is 21.1 Å². The van der Waals surface area contributed by atoms with Gasteiger partial charge in [0.05, 0.1) is 11.9 Å². The molecular formula is C17H18BrFN2O3S. The molecule has 2 aromatic carbocycles. The summed E-state index contributed by atoms with van der Waals surface area (Å²) >= 11 is 3.31. The van der Waals surface area contributed by atoms with Crippen LogP contribution < -0.4 is 9.62 Å². The lowest BCUT2D eigenvalue weighted by Crippen LogP contribution is -2.47. The fourth-order valence-electron chi connectivity index (χ4n) is 2.46. The molecule has 1 N–H and O–H groups in total. The smallest absolute Gasteiger partial charge is 0.248 e. The number of anilines is 2. The summed E-state index contributed by atoms with van der Waals surface area (Å²) in [6, 6.07) is 11.3. The zero-order valence-electron chi connectivity index (χ0n) is 13.7. The average Bonchev–Trinajstić information content (AvgIpc) is 2.52. The highest BCUT2D eigenvalue weighted by molar-refractivity contribution is 9.10. The molecule has 0 heterocycles. The van der Waals surface area contributed by atoms with Crippen molar-refractivity contribution >= 4 is 43.2 Å². The Morgan fingerprint density at radius 1 is 1.24 bits per heavy atom. The lowest BCUT2D eigenvalue weighted by atomic mass is 10.1. The molecule has 134 valence electrons. The minimum atomic E-state index is -3.87. The summed E-state index contributed by atoms with van der Waals surface area (Å²) in [5.74, 6) is -1.24. The Morgan fingerprint density at radius 2 is 1.92 bits per heavy atom. The number of carbonyl (C=O) groups excluding carboxylic acids is 1. The summed E-state index contributed by atoms with van der Waals surface area (Å²) in [5, 5.41) is 2.68. The van der Waals surface area contributed by atoms with E-state index in [0.29, 0.717) is 5.69 Å². The van der Waals surface area contributed by atoms with Crippen LogP contribution in [-0.4, -0.2) is 26.6 Å². The monoisotopic (exact) mass is 428 g/mol. The Hall–Kier alpha value is -1.93. The van der Waals surface area contributed by atoms with Gasteiger partial charge in [-0.25, -0.2) is 12.8 Å². The minimum Gasteiger partial charge on any atom is -0.324 e. The van der Waals surface area contributed by atoms with Crippen molar-refractivity contribution in [1.82, 2.24) is 0 Å². The molecule has 0 aliphatic rings. The first-order valence-corrected chi connectivity index (χ1v) is 10.2. The number of amides is 1. The summed E-state index contributed by atoms with van der Waals surface area (Å²) in [5.41, 5.74) is 0.362. The fourth-order valence-corrected chi connectivity index (χ4v) is 4.07. The molecular weight excluding hydrogens is 411 g/mol. The van der Waals surface area contributed by atoms with Crippen LogP contribution in [0.5, 0.6) is 0 Å². The second-order valence-electron chi connectivity index (χ2n) is 5.43. The summed E-state index contributed by atoms with van der Waals surface area (Å²) in [4.78, 5) is 12.7. The summed E-state index contributed by atoms with van der Waals surface area (Å²) < 4.78 is 40.3. The van der Waals surface area contributed by atoms with Crippen LogP contribution >= 0.6 is 15.9 Å². The van der Waals surface area contributed by atoms with Crippen LogP contribution in [0.15, 0.2) is 53.0 Å². The molecule has 2 aromatic rings. The van der Waals surface area contributed by atoms with E-state index in [2.05, 4.69) is 21.2 Å². The zero-order valence-corrected chi connectivity index (χ0v) is 16.1. The molecule has 25 heavy (non-hydrogen) atoms. The normalized spacial score (nSPS) is 12.5. The lowest BCUT2D eigenvalue weighted by molar-refractivity contribution is -0.117. The third-order valence-corrected chi connectivity index (χ3v) is 5.17. The molecule has 0 radical (unpaired) electrons. The van der Waals surface area contributed by atoms with E-state index in [1.165, 1.54) is 18.2 Å². The first kappa shape index (κ1) is 19.4. The average molecular weight is 429 g/mol. The third kappa shape index (κ3) is 4.79. The SMILES string of the molecule is CC[C@H](C(=O)Nc1cccc(Br)c1)N(c1ccccc1F)S(C)(=O)=O. The van der Waals surface area contributed by atoms with Gasteiger partial charge in [-0.15, -0.1) is 0 Å². The minimum absolute atomic E-state index is 0.152. The van der Waals surface area contributed by atoms with Gasteiger partial charge in [-0.1, -0.05) is 41.1 Å². The van der Waals surface area contributed by atoms with E-state index in [-0.39, 0.29) is 12.1 Å². The first-order valence-electron chi connectivity index (χ1n) is 7.54. The Labute approximate surface area is 155 Å². The number of para-hydroxylation sites is 1. The van der Waals surface area contributed by atoms with E-state index < -0.39 is 27.8 Å². The Kier molecular flexibility index (Phi) is 6.18. The number of hydrogen-bond donors (Lipinski definition) is 1. The van der Waals surface area contributed by atoms with E-state index >= 15 is 0 Å². The maximum atomic E-state index is 14.2. The topological polar surface area (TPSA) is 66.5 Å². The van der Waals surface area contributed by atoms with E-state index in [4.69, 9.17) is 0 Å². The zero-order chi connectivity index (χ0) is 18.6. The molecule has 8 heteroatoms. The van der Waals surface area contributed by atoms with Crippen LogP contribution in [0, 0.1) is 5.82 Å². The molecule has 0 saturated heterocycles. The Bertz CT molecular complexity index is 874. The lowest BCUT2D eigenvalue weighted by Gasteiger charge is -2.30. The molecule has 0 spiro atoms. The molecule has 5 nitrogen and oxygen atoms in total. The van der Waals surface area contributed by atoms with Gasteiger partial charge in [0.1, 0.15) is 11.9 Å². The molecule has 2 rings (SSSR count). The van der Waals surface area contributed by atoms with Crippen molar-refractivity contribution in [2.75, 3.05) is 15.9 Å². The largest absolute Gasteiger partial charge is 0.324 e. The number of hydrogen-bond acceptors (Lipinski definition) is 3. The van der Waals surface area contributed by atoms with Gasteiger partial charge in [0.2, 0.25) is 15.9 Å². The van der Waals surface area contributed by atoms with Gasteiger partial charge in [-0.3, -0.25) is 9.10 Å². The molecule has 0 unspecified atom stereocenters. The molecule has 0 aromatic heterocycles. The van der Waals surface area contributed by atoms with Crippen molar-refractivity contribution in [3.05, 3.63) is 58.8 Å². The van der Waals surface area contributed by atoms with Gasteiger partial charge in [-0.2, -0.15) is 0 Å². The third-order valence-electron chi connectivity index (χ3n) is 3.51. The maximum Gasteiger partial charge on any atom is 0.248 e. The highest BCUT2D eigenvalue weighted by atomic mass is 79.9. The van der Waals surface area contributed by atoms with Gasteiger partial charge in [0.25, 0.3) is 0 Å². The Morgan fingerprint density at radius 3 is 2.48 bits per heavy atom. The molecule has 0 fully saturated rings. The molecule has 0 aliphatic heterocycles. The summed E-state index contributed by atoms with van der Waals surface area (Å²) in [6.45, 7) is 1.67. The van der Waals surface area contributed by atoms with Gasteiger partial charge >= 0.3 is 0 Å². The molecule has 0 aliphatic carbocycles. The van der Waals surface area contributed by atoms with E-state index in [1.54, 1.807) is 31.2 Å². The second-order valence-corrected chi connectivity index (χ2v) is 8.21. The summed E-state index contributed by atoms with van der Waals surface area (Å²) in [6.07, 6.45) is 1.13. The predicted molar refractivity (Wildman–Crippen MR) is 101 cm³/mol. The van der Waals surface area contributed by atoms with Crippen LogP contribution in [-0.2, 0) is 14.8 Å². The highest BCUT2D eigenvalue weighted by Gasteiger charge is 2.33. The number of benzene rings is 2. The van der Waals surface area contributed by atoms with Crippen LogP contribution in [0.2, 0.25) is 0 Å². The van der Waals surface area contributed by atoms with Crippen molar-refractivity contribution in [1.29, 1.82) is 0 Å². The number of carbonyl (C=O) groups is 1. The van der Waals surface area contributed by atoms with Gasteiger partial charge in [0.15, 0.2) is 0 Å². The van der Waals surface area contributed by atoms with Gasteiger partial charge in [-0.05, 0) is 36.8 Å². The predicted octanol–water partition coefficient (Wildman–Crippen LogP) is 3.77. The molecule has 1 atom stereocenters. The number of rotatable bonds is 6. The van der Waals surface area contributed by atoms with Crippen molar-refractivity contribution in [3.63, 3.8) is 0 Å². The number of nitrogens with zero attached hydrogens (tertiary/aromatic N) is 1. The van der Waals surface area contributed by atoms with Gasteiger partial charge < -0.3 is 5.32 Å². The number of halogens is 2. The quantitative estimate of drug-likeness (QED) is 0.761. The standard InChI is InChI=1S/C17H18BrFN2O3S/c1-3-15(17(22)20-13-8-6-7-12(18)11-13)21(25(2,23)24)16-10-5-4-9-14(16)19/h4-11,15H,3H2,1-2H3,(H,20,22)/t15-/m1/s1.